The zero-order valence-electron chi connectivity index (χ0n) is 13.2. The minimum Gasteiger partial charge on any atom is -0.503 e. The van der Waals surface area contributed by atoms with Gasteiger partial charge in [-0.2, -0.15) is 0 Å². The highest BCUT2D eigenvalue weighted by atomic mass is 16.3. The fraction of sp³-hybridized carbons (Fsp3) is 0.471. The number of hydrogen-bond acceptors (Lipinski definition) is 4. The standard InChI is InChI=1S/C17H22N2O3/c1-4-5-10-19-14(12-6-8-18-9-7-12)13(15(20)11(2)3)16(21)17(19)22/h6-9,11,14,21H,4-5,10H2,1-3H3. The third kappa shape index (κ3) is 2.89. The van der Waals surface area contributed by atoms with Crippen molar-refractivity contribution in [2.24, 2.45) is 5.92 Å². The molecule has 0 spiro atoms. The molecule has 0 bridgehead atoms. The third-order valence-corrected chi connectivity index (χ3v) is 3.87. The molecule has 0 aromatic carbocycles. The number of rotatable bonds is 6. The Bertz CT molecular complexity index is 593. The lowest BCUT2D eigenvalue weighted by Gasteiger charge is -2.27. The molecule has 0 saturated carbocycles. The fourth-order valence-electron chi connectivity index (χ4n) is 2.67. The number of aliphatic hydroxyl groups excluding tert-OH is 1. The number of carbonyl (C=O) groups is 2. The number of carbonyl (C=O) groups excluding carboxylic acids is 2. The number of ketones is 1. The van der Waals surface area contributed by atoms with Crippen LogP contribution >= 0.6 is 0 Å². The molecular formula is C17H22N2O3. The van der Waals surface area contributed by atoms with Crippen LogP contribution in [0.2, 0.25) is 0 Å². The molecule has 2 rings (SSSR count). The molecule has 0 saturated heterocycles. The van der Waals surface area contributed by atoms with E-state index in [9.17, 15) is 14.7 Å². The number of amides is 1. The lowest BCUT2D eigenvalue weighted by molar-refractivity contribution is -0.129. The van der Waals surface area contributed by atoms with Crippen molar-refractivity contribution >= 4 is 11.7 Å². The maximum atomic E-state index is 12.5. The second-order valence-electron chi connectivity index (χ2n) is 5.82. The first-order valence-corrected chi connectivity index (χ1v) is 7.67. The van der Waals surface area contributed by atoms with Gasteiger partial charge in [-0.15, -0.1) is 0 Å². The van der Waals surface area contributed by atoms with Crippen molar-refractivity contribution in [2.45, 2.75) is 39.7 Å². The number of nitrogens with zero attached hydrogens (tertiary/aromatic N) is 2. The highest BCUT2D eigenvalue weighted by Gasteiger charge is 2.43. The molecule has 0 fully saturated rings. The molecule has 22 heavy (non-hydrogen) atoms. The molecule has 1 amide bonds. The summed E-state index contributed by atoms with van der Waals surface area (Å²) < 4.78 is 0. The smallest absolute Gasteiger partial charge is 0.290 e. The molecule has 1 aromatic rings. The van der Waals surface area contributed by atoms with Gasteiger partial charge in [0.25, 0.3) is 5.91 Å². The lowest BCUT2D eigenvalue weighted by atomic mass is 9.91. The van der Waals surface area contributed by atoms with Gasteiger partial charge in [0.1, 0.15) is 0 Å². The number of unbranched alkanes of at least 4 members (excludes halogenated alkanes) is 1. The van der Waals surface area contributed by atoms with Crippen molar-refractivity contribution in [1.82, 2.24) is 9.88 Å². The lowest BCUT2D eigenvalue weighted by Crippen LogP contribution is -2.32. The van der Waals surface area contributed by atoms with E-state index in [4.69, 9.17) is 0 Å². The molecule has 2 heterocycles. The molecular weight excluding hydrogens is 280 g/mol. The monoisotopic (exact) mass is 302 g/mol. The van der Waals surface area contributed by atoms with Crippen LogP contribution in [0.1, 0.15) is 45.2 Å². The van der Waals surface area contributed by atoms with Gasteiger partial charge in [0.2, 0.25) is 0 Å². The molecule has 1 aromatic heterocycles. The van der Waals surface area contributed by atoms with Gasteiger partial charge in [0.15, 0.2) is 11.5 Å². The van der Waals surface area contributed by atoms with Crippen molar-refractivity contribution in [2.75, 3.05) is 6.54 Å². The summed E-state index contributed by atoms with van der Waals surface area (Å²) in [5, 5.41) is 10.2. The average Bonchev–Trinajstić information content (AvgIpc) is 2.77. The van der Waals surface area contributed by atoms with Gasteiger partial charge in [-0.1, -0.05) is 27.2 Å². The van der Waals surface area contributed by atoms with Crippen LogP contribution < -0.4 is 0 Å². The summed E-state index contributed by atoms with van der Waals surface area (Å²) in [6.07, 6.45) is 5.01. The second kappa shape index (κ2) is 6.73. The summed E-state index contributed by atoms with van der Waals surface area (Å²) in [6, 6.07) is 3.04. The van der Waals surface area contributed by atoms with E-state index in [1.54, 1.807) is 43.3 Å². The van der Waals surface area contributed by atoms with Gasteiger partial charge in [0.05, 0.1) is 11.6 Å². The van der Waals surface area contributed by atoms with E-state index in [-0.39, 0.29) is 17.3 Å². The van der Waals surface area contributed by atoms with E-state index < -0.39 is 17.7 Å². The Morgan fingerprint density at radius 3 is 2.55 bits per heavy atom. The molecule has 1 aliphatic heterocycles. The van der Waals surface area contributed by atoms with Crippen molar-refractivity contribution in [3.05, 3.63) is 41.4 Å². The van der Waals surface area contributed by atoms with Crippen LogP contribution in [-0.4, -0.2) is 33.2 Å². The van der Waals surface area contributed by atoms with Crippen LogP contribution in [0, 0.1) is 5.92 Å². The maximum Gasteiger partial charge on any atom is 0.290 e. The van der Waals surface area contributed by atoms with Crippen LogP contribution in [0.5, 0.6) is 0 Å². The normalized spacial score (nSPS) is 18.5. The Kier molecular flexibility index (Phi) is 4.96. The molecule has 5 heteroatoms. The summed E-state index contributed by atoms with van der Waals surface area (Å²) >= 11 is 0. The van der Waals surface area contributed by atoms with Gasteiger partial charge in [0, 0.05) is 24.9 Å². The highest BCUT2D eigenvalue weighted by Crippen LogP contribution is 2.38. The predicted octanol–water partition coefficient (Wildman–Crippen LogP) is 2.80. The largest absolute Gasteiger partial charge is 0.503 e. The zero-order chi connectivity index (χ0) is 16.3. The van der Waals surface area contributed by atoms with Crippen LogP contribution in [-0.2, 0) is 9.59 Å². The summed E-state index contributed by atoms with van der Waals surface area (Å²) in [5.41, 5.74) is 1.01. The van der Waals surface area contributed by atoms with Crippen molar-refractivity contribution < 1.29 is 14.7 Å². The van der Waals surface area contributed by atoms with E-state index in [1.165, 1.54) is 0 Å². The minimum absolute atomic E-state index is 0.188. The summed E-state index contributed by atoms with van der Waals surface area (Å²) in [6.45, 7) is 6.09. The van der Waals surface area contributed by atoms with Crippen molar-refractivity contribution in [3.8, 4) is 0 Å². The summed E-state index contributed by atoms with van der Waals surface area (Å²) in [4.78, 5) is 30.4. The van der Waals surface area contributed by atoms with Crippen LogP contribution in [0.15, 0.2) is 35.9 Å². The number of aromatic nitrogens is 1. The van der Waals surface area contributed by atoms with Crippen LogP contribution in [0.4, 0.5) is 0 Å². The Labute approximate surface area is 130 Å². The summed E-state index contributed by atoms with van der Waals surface area (Å²) in [5.74, 6) is -1.33. The Hall–Kier alpha value is -2.17. The molecule has 118 valence electrons. The third-order valence-electron chi connectivity index (χ3n) is 3.87. The van der Waals surface area contributed by atoms with Crippen molar-refractivity contribution in [3.63, 3.8) is 0 Å². The summed E-state index contributed by atoms with van der Waals surface area (Å²) in [7, 11) is 0. The number of Topliss-reactive ketones (excluding diaryl/α,β-unsaturated/α-hetero) is 1. The number of aliphatic hydroxyl groups is 1. The Morgan fingerprint density at radius 2 is 2.00 bits per heavy atom. The molecule has 1 unspecified atom stereocenters. The van der Waals surface area contributed by atoms with Crippen LogP contribution in [0.25, 0.3) is 0 Å². The fourth-order valence-corrected chi connectivity index (χ4v) is 2.67. The van der Waals surface area contributed by atoms with E-state index >= 15 is 0 Å². The van der Waals surface area contributed by atoms with Gasteiger partial charge < -0.3 is 10.0 Å². The van der Waals surface area contributed by atoms with Gasteiger partial charge in [-0.25, -0.2) is 0 Å². The topological polar surface area (TPSA) is 70.5 Å². The Balaban J connectivity index is 2.48. The maximum absolute atomic E-state index is 12.5. The SMILES string of the molecule is CCCCN1C(=O)C(O)=C(C(=O)C(C)C)C1c1ccncc1. The van der Waals surface area contributed by atoms with E-state index in [1.807, 2.05) is 6.92 Å². The van der Waals surface area contributed by atoms with E-state index in [0.717, 1.165) is 18.4 Å². The van der Waals surface area contributed by atoms with Crippen LogP contribution in [0.3, 0.4) is 0 Å². The highest BCUT2D eigenvalue weighted by molar-refractivity contribution is 6.09. The van der Waals surface area contributed by atoms with Gasteiger partial charge >= 0.3 is 0 Å². The number of pyridine rings is 1. The van der Waals surface area contributed by atoms with E-state index in [2.05, 4.69) is 4.98 Å². The molecule has 0 aliphatic carbocycles. The predicted molar refractivity (Wildman–Crippen MR) is 83.1 cm³/mol. The van der Waals surface area contributed by atoms with Crippen molar-refractivity contribution in [1.29, 1.82) is 0 Å². The first-order valence-electron chi connectivity index (χ1n) is 7.67. The van der Waals surface area contributed by atoms with Gasteiger partial charge in [-0.05, 0) is 24.1 Å². The molecule has 1 aliphatic rings. The second-order valence-corrected chi connectivity index (χ2v) is 5.82. The Morgan fingerprint density at radius 1 is 1.36 bits per heavy atom. The van der Waals surface area contributed by atoms with Gasteiger partial charge in [-0.3, -0.25) is 14.6 Å². The molecule has 0 radical (unpaired) electrons. The average molecular weight is 302 g/mol. The van der Waals surface area contributed by atoms with E-state index in [0.29, 0.717) is 6.54 Å². The molecule has 1 atom stereocenters. The zero-order valence-corrected chi connectivity index (χ0v) is 13.2. The first-order chi connectivity index (χ1) is 10.5. The number of hydrogen-bond donors (Lipinski definition) is 1. The molecule has 1 N–H and O–H groups in total. The minimum atomic E-state index is -0.517. The quantitative estimate of drug-likeness (QED) is 0.877. The molecule has 5 nitrogen and oxygen atoms in total. The first kappa shape index (κ1) is 16.2.